The van der Waals surface area contributed by atoms with E-state index < -0.39 is 6.04 Å². The Hall–Kier alpha value is -2.45. The van der Waals surface area contributed by atoms with Gasteiger partial charge in [-0.1, -0.05) is 0 Å². The van der Waals surface area contributed by atoms with Crippen LogP contribution in [0.25, 0.3) is 0 Å². The smallest absolute Gasteiger partial charge is 0.255 e. The molecule has 1 unspecified atom stereocenters. The molecule has 1 aromatic carbocycles. The summed E-state index contributed by atoms with van der Waals surface area (Å²) in [5.74, 6) is -0.740. The SMILES string of the molecule is O=C1CCC(N2Cc3cc(N4CCC(OC5CCC6(CC5)CNC6)CC4)ccc3C2=O)C(=O)N1. The summed E-state index contributed by atoms with van der Waals surface area (Å²) in [6.45, 7) is 4.71. The number of rotatable bonds is 4. The second-order valence-corrected chi connectivity index (χ2v) is 10.9. The second-order valence-electron chi connectivity index (χ2n) is 10.9. The molecule has 4 fully saturated rings. The van der Waals surface area contributed by atoms with Gasteiger partial charge in [-0.15, -0.1) is 0 Å². The molecular weight excluding hydrogens is 432 g/mol. The second kappa shape index (κ2) is 8.64. The van der Waals surface area contributed by atoms with Crippen molar-refractivity contribution in [3.63, 3.8) is 0 Å². The number of amides is 3. The van der Waals surface area contributed by atoms with Crippen LogP contribution in [-0.2, 0) is 20.9 Å². The van der Waals surface area contributed by atoms with Crippen LogP contribution in [0.2, 0.25) is 0 Å². The first kappa shape index (κ1) is 22.0. The molecule has 1 aromatic rings. The molecule has 182 valence electrons. The van der Waals surface area contributed by atoms with Crippen LogP contribution in [-0.4, -0.2) is 67.1 Å². The van der Waals surface area contributed by atoms with E-state index in [1.165, 1.54) is 38.8 Å². The van der Waals surface area contributed by atoms with Gasteiger partial charge in [0.1, 0.15) is 6.04 Å². The number of hydrogen-bond donors (Lipinski definition) is 2. The quantitative estimate of drug-likeness (QED) is 0.660. The summed E-state index contributed by atoms with van der Waals surface area (Å²) < 4.78 is 6.51. The number of imide groups is 1. The van der Waals surface area contributed by atoms with Gasteiger partial charge in [-0.2, -0.15) is 0 Å². The molecule has 0 bridgehead atoms. The number of carbonyl (C=O) groups excluding carboxylic acids is 3. The highest BCUT2D eigenvalue weighted by Gasteiger charge is 2.41. The van der Waals surface area contributed by atoms with Crippen molar-refractivity contribution in [3.05, 3.63) is 29.3 Å². The molecule has 3 saturated heterocycles. The predicted molar refractivity (Wildman–Crippen MR) is 126 cm³/mol. The van der Waals surface area contributed by atoms with Gasteiger partial charge in [-0.05, 0) is 74.1 Å². The van der Waals surface area contributed by atoms with Crippen LogP contribution >= 0.6 is 0 Å². The van der Waals surface area contributed by atoms with Gasteiger partial charge in [0, 0.05) is 50.4 Å². The van der Waals surface area contributed by atoms with Crippen LogP contribution in [0.5, 0.6) is 0 Å². The molecule has 1 saturated carbocycles. The molecule has 8 nitrogen and oxygen atoms in total. The maximum absolute atomic E-state index is 12.9. The monoisotopic (exact) mass is 466 g/mol. The summed E-state index contributed by atoms with van der Waals surface area (Å²) in [6, 6.07) is 5.46. The Balaban J connectivity index is 1.04. The van der Waals surface area contributed by atoms with E-state index in [1.807, 2.05) is 12.1 Å². The third-order valence-corrected chi connectivity index (χ3v) is 8.69. The van der Waals surface area contributed by atoms with Crippen LogP contribution in [0, 0.1) is 5.41 Å². The third-order valence-electron chi connectivity index (χ3n) is 8.69. The number of hydrogen-bond acceptors (Lipinski definition) is 6. The average Bonchev–Trinajstić information content (AvgIpc) is 3.14. The number of piperidine rings is 2. The Labute approximate surface area is 200 Å². The lowest BCUT2D eigenvalue weighted by molar-refractivity contribution is -0.136. The molecule has 8 heteroatoms. The van der Waals surface area contributed by atoms with E-state index >= 15 is 0 Å². The Bertz CT molecular complexity index is 989. The average molecular weight is 467 g/mol. The van der Waals surface area contributed by atoms with Crippen LogP contribution < -0.4 is 15.5 Å². The lowest BCUT2D eigenvalue weighted by atomic mass is 9.69. The Morgan fingerprint density at radius 2 is 1.68 bits per heavy atom. The lowest BCUT2D eigenvalue weighted by Gasteiger charge is -2.48. The van der Waals surface area contributed by atoms with Crippen LogP contribution in [0.15, 0.2) is 18.2 Å². The number of fused-ring (bicyclic) bond motifs is 1. The van der Waals surface area contributed by atoms with Gasteiger partial charge in [-0.25, -0.2) is 0 Å². The number of ether oxygens (including phenoxy) is 1. The maximum Gasteiger partial charge on any atom is 0.255 e. The van der Waals surface area contributed by atoms with E-state index in [4.69, 9.17) is 4.74 Å². The molecule has 1 atom stereocenters. The van der Waals surface area contributed by atoms with E-state index in [0.29, 0.717) is 36.2 Å². The van der Waals surface area contributed by atoms with Crippen molar-refractivity contribution in [2.75, 3.05) is 31.1 Å². The fraction of sp³-hybridized carbons (Fsp3) is 0.654. The summed E-state index contributed by atoms with van der Waals surface area (Å²) in [6.07, 6.45) is 8.49. The summed E-state index contributed by atoms with van der Waals surface area (Å²) >= 11 is 0. The van der Waals surface area contributed by atoms with Gasteiger partial charge in [-0.3, -0.25) is 19.7 Å². The minimum absolute atomic E-state index is 0.116. The first-order valence-corrected chi connectivity index (χ1v) is 12.9. The zero-order valence-corrected chi connectivity index (χ0v) is 19.7. The molecule has 34 heavy (non-hydrogen) atoms. The highest BCUT2D eigenvalue weighted by molar-refractivity contribution is 6.05. The molecule has 0 radical (unpaired) electrons. The Morgan fingerprint density at radius 1 is 0.941 bits per heavy atom. The fourth-order valence-electron chi connectivity index (χ4n) is 6.45. The van der Waals surface area contributed by atoms with Crippen molar-refractivity contribution in [1.29, 1.82) is 0 Å². The molecule has 5 aliphatic rings. The van der Waals surface area contributed by atoms with E-state index in [0.717, 1.165) is 37.2 Å². The molecule has 4 aliphatic heterocycles. The van der Waals surface area contributed by atoms with Crippen LogP contribution in [0.4, 0.5) is 5.69 Å². The van der Waals surface area contributed by atoms with Crippen molar-refractivity contribution in [3.8, 4) is 0 Å². The first-order chi connectivity index (χ1) is 16.5. The largest absolute Gasteiger partial charge is 0.375 e. The zero-order chi connectivity index (χ0) is 23.3. The molecular formula is C26H34N4O4. The number of carbonyl (C=O) groups is 3. The first-order valence-electron chi connectivity index (χ1n) is 12.9. The molecule has 0 aromatic heterocycles. The van der Waals surface area contributed by atoms with Gasteiger partial charge in [0.25, 0.3) is 5.91 Å². The van der Waals surface area contributed by atoms with E-state index in [2.05, 4.69) is 21.6 Å². The van der Waals surface area contributed by atoms with Crippen molar-refractivity contribution in [1.82, 2.24) is 15.5 Å². The van der Waals surface area contributed by atoms with E-state index in [-0.39, 0.29) is 24.1 Å². The maximum atomic E-state index is 12.9. The lowest BCUT2D eigenvalue weighted by Crippen LogP contribution is -2.55. The van der Waals surface area contributed by atoms with Crippen molar-refractivity contribution >= 4 is 23.4 Å². The molecule has 4 heterocycles. The molecule has 3 amide bonds. The van der Waals surface area contributed by atoms with Gasteiger partial charge in [0.05, 0.1) is 12.2 Å². The molecule has 1 spiro atoms. The van der Waals surface area contributed by atoms with Gasteiger partial charge >= 0.3 is 0 Å². The fourth-order valence-corrected chi connectivity index (χ4v) is 6.45. The molecule has 1 aliphatic carbocycles. The minimum atomic E-state index is -0.566. The topological polar surface area (TPSA) is 91.0 Å². The summed E-state index contributed by atoms with van der Waals surface area (Å²) in [5, 5.41) is 5.80. The minimum Gasteiger partial charge on any atom is -0.375 e. The standard InChI is InChI=1S/C26H34N4O4/c31-23-4-3-22(24(32)28-23)30-14-17-13-18(1-2-21(17)25(30)33)29-11-7-20(8-12-29)34-19-5-9-26(10-6-19)15-27-16-26/h1-2,13,19-20,22,27H,3-12,14-16H2,(H,28,31,32). The van der Waals surface area contributed by atoms with Gasteiger partial charge in [0.2, 0.25) is 11.8 Å². The zero-order valence-electron chi connectivity index (χ0n) is 19.7. The van der Waals surface area contributed by atoms with Crippen molar-refractivity contribution in [2.45, 2.75) is 76.2 Å². The summed E-state index contributed by atoms with van der Waals surface area (Å²) in [4.78, 5) is 40.7. The van der Waals surface area contributed by atoms with Crippen molar-refractivity contribution < 1.29 is 19.1 Å². The highest BCUT2D eigenvalue weighted by Crippen LogP contribution is 2.41. The van der Waals surface area contributed by atoms with Crippen LogP contribution in [0.3, 0.4) is 0 Å². The molecule has 2 N–H and O–H groups in total. The number of anilines is 1. The van der Waals surface area contributed by atoms with E-state index in [9.17, 15) is 14.4 Å². The third kappa shape index (κ3) is 4.01. The predicted octanol–water partition coefficient (Wildman–Crippen LogP) is 1.97. The van der Waals surface area contributed by atoms with E-state index in [1.54, 1.807) is 4.90 Å². The summed E-state index contributed by atoms with van der Waals surface area (Å²) in [7, 11) is 0. The summed E-state index contributed by atoms with van der Waals surface area (Å²) in [5.41, 5.74) is 3.34. The van der Waals surface area contributed by atoms with Crippen LogP contribution in [0.1, 0.15) is 67.3 Å². The Morgan fingerprint density at radius 3 is 2.35 bits per heavy atom. The number of benzene rings is 1. The van der Waals surface area contributed by atoms with Gasteiger partial charge < -0.3 is 19.9 Å². The molecule has 6 rings (SSSR count). The number of nitrogens with zero attached hydrogens (tertiary/aromatic N) is 2. The normalized spacial score (nSPS) is 27.6. The van der Waals surface area contributed by atoms with Crippen molar-refractivity contribution in [2.24, 2.45) is 5.41 Å². The Kier molecular flexibility index (Phi) is 5.60. The van der Waals surface area contributed by atoms with Gasteiger partial charge in [0.15, 0.2) is 0 Å². The highest BCUT2D eigenvalue weighted by atomic mass is 16.5. The number of nitrogens with one attached hydrogen (secondary N) is 2.